The van der Waals surface area contributed by atoms with Crippen molar-refractivity contribution in [3.63, 3.8) is 0 Å². The molecule has 0 atom stereocenters. The van der Waals surface area contributed by atoms with E-state index in [9.17, 15) is 12.8 Å². The third kappa shape index (κ3) is 2.28. The largest absolute Gasteiger partial charge is 0.253 e. The lowest BCUT2D eigenvalue weighted by Gasteiger charge is -1.99. The van der Waals surface area contributed by atoms with Crippen LogP contribution >= 0.6 is 11.3 Å². The highest BCUT2D eigenvalue weighted by Gasteiger charge is 2.19. The number of rotatable bonds is 3. The second kappa shape index (κ2) is 3.87. The molecule has 0 aliphatic heterocycles. The van der Waals surface area contributed by atoms with Crippen molar-refractivity contribution in [3.8, 4) is 12.3 Å². The molecule has 13 heavy (non-hydrogen) atoms. The molecule has 0 aliphatic carbocycles. The quantitative estimate of drug-likeness (QED) is 0.764. The molecule has 0 spiro atoms. The highest BCUT2D eigenvalue weighted by molar-refractivity contribution is 7.91. The van der Waals surface area contributed by atoms with Crippen LogP contribution in [0.5, 0.6) is 0 Å². The lowest BCUT2D eigenvalue weighted by molar-refractivity contribution is 0.568. The molecule has 3 nitrogen and oxygen atoms in total. The van der Waals surface area contributed by atoms with Gasteiger partial charge >= 0.3 is 0 Å². The molecule has 1 rings (SSSR count). The Balaban J connectivity index is 2.96. The second-order valence-corrected chi connectivity index (χ2v) is 4.96. The lowest BCUT2D eigenvalue weighted by Crippen LogP contribution is -2.23. The third-order valence-corrected chi connectivity index (χ3v) is 4.03. The van der Waals surface area contributed by atoms with E-state index >= 15 is 0 Å². The fourth-order valence-electron chi connectivity index (χ4n) is 0.674. The van der Waals surface area contributed by atoms with Gasteiger partial charge < -0.3 is 0 Å². The molecule has 0 radical (unpaired) electrons. The van der Waals surface area contributed by atoms with Gasteiger partial charge in [0, 0.05) is 0 Å². The predicted molar refractivity (Wildman–Crippen MR) is 48.3 cm³/mol. The van der Waals surface area contributed by atoms with Gasteiger partial charge in [-0.15, -0.1) is 17.8 Å². The molecule has 0 aliphatic rings. The minimum Gasteiger partial charge on any atom is -0.206 e. The van der Waals surface area contributed by atoms with Crippen molar-refractivity contribution in [2.24, 2.45) is 0 Å². The number of terminal acetylenes is 1. The van der Waals surface area contributed by atoms with E-state index in [2.05, 4.69) is 10.6 Å². The van der Waals surface area contributed by atoms with E-state index in [-0.39, 0.29) is 10.8 Å². The summed E-state index contributed by atoms with van der Waals surface area (Å²) < 4.78 is 37.0. The Labute approximate surface area is 79.6 Å². The van der Waals surface area contributed by atoms with Crippen LogP contribution in [0.3, 0.4) is 0 Å². The second-order valence-electron chi connectivity index (χ2n) is 2.08. The van der Waals surface area contributed by atoms with Gasteiger partial charge in [0.1, 0.15) is 0 Å². The van der Waals surface area contributed by atoms with E-state index in [0.717, 1.165) is 17.4 Å². The zero-order valence-corrected chi connectivity index (χ0v) is 8.08. The molecule has 6 heteroatoms. The van der Waals surface area contributed by atoms with E-state index in [1.165, 1.54) is 5.38 Å². The van der Waals surface area contributed by atoms with E-state index in [1.807, 2.05) is 0 Å². The van der Waals surface area contributed by atoms with Crippen LogP contribution in [0.25, 0.3) is 0 Å². The first-order valence-corrected chi connectivity index (χ1v) is 5.60. The van der Waals surface area contributed by atoms with Crippen LogP contribution in [-0.4, -0.2) is 15.0 Å². The van der Waals surface area contributed by atoms with Crippen LogP contribution in [0.1, 0.15) is 0 Å². The lowest BCUT2D eigenvalue weighted by atomic mass is 10.6. The number of hydrogen-bond donors (Lipinski definition) is 1. The molecule has 1 aromatic heterocycles. The summed E-state index contributed by atoms with van der Waals surface area (Å²) >= 11 is 0.813. The van der Waals surface area contributed by atoms with Crippen molar-refractivity contribution in [1.82, 2.24) is 4.72 Å². The topological polar surface area (TPSA) is 46.2 Å². The van der Waals surface area contributed by atoms with Gasteiger partial charge in [-0.1, -0.05) is 5.92 Å². The van der Waals surface area contributed by atoms with Crippen molar-refractivity contribution in [2.45, 2.75) is 4.21 Å². The van der Waals surface area contributed by atoms with Gasteiger partial charge in [-0.2, -0.15) is 4.72 Å². The molecule has 0 aromatic carbocycles. The number of sulfonamides is 1. The van der Waals surface area contributed by atoms with Gasteiger partial charge in [-0.3, -0.25) is 0 Å². The van der Waals surface area contributed by atoms with Crippen LogP contribution in [0.15, 0.2) is 15.7 Å². The molecule has 70 valence electrons. The van der Waals surface area contributed by atoms with Crippen LogP contribution in [-0.2, 0) is 10.0 Å². The number of nitrogens with one attached hydrogen (secondary N) is 1. The maximum atomic E-state index is 12.8. The maximum Gasteiger partial charge on any atom is 0.253 e. The number of hydrogen-bond acceptors (Lipinski definition) is 3. The third-order valence-electron chi connectivity index (χ3n) is 1.19. The van der Waals surface area contributed by atoms with E-state index in [4.69, 9.17) is 6.42 Å². The smallest absolute Gasteiger partial charge is 0.206 e. The Morgan fingerprint density at radius 2 is 2.38 bits per heavy atom. The predicted octanol–water partition coefficient (Wildman–Crippen LogP) is 0.799. The average molecular weight is 219 g/mol. The van der Waals surface area contributed by atoms with Gasteiger partial charge in [-0.25, -0.2) is 12.8 Å². The van der Waals surface area contributed by atoms with Gasteiger partial charge in [0.25, 0.3) is 10.0 Å². The molecular weight excluding hydrogens is 213 g/mol. The Bertz CT molecular complexity index is 430. The monoisotopic (exact) mass is 219 g/mol. The zero-order chi connectivity index (χ0) is 9.90. The number of halogens is 1. The standard InChI is InChI=1S/C7H6FNO2S2/c1-2-4-9-13(10,11)7-6(8)3-5-12-7/h1,3,5,9H,4H2. The van der Waals surface area contributed by atoms with Crippen LogP contribution < -0.4 is 4.72 Å². The number of thiophene rings is 1. The molecule has 0 bridgehead atoms. The molecule has 0 fully saturated rings. The van der Waals surface area contributed by atoms with Crippen LogP contribution in [0.4, 0.5) is 4.39 Å². The van der Waals surface area contributed by atoms with Gasteiger partial charge in [-0.05, 0) is 11.4 Å². The molecule has 1 N–H and O–H groups in total. The first-order chi connectivity index (χ1) is 6.08. The summed E-state index contributed by atoms with van der Waals surface area (Å²) in [6.45, 7) is -0.139. The maximum absolute atomic E-state index is 12.8. The Morgan fingerprint density at radius 3 is 2.85 bits per heavy atom. The summed E-state index contributed by atoms with van der Waals surface area (Å²) in [7, 11) is -3.76. The fraction of sp³-hybridized carbons (Fsp3) is 0.143. The van der Waals surface area contributed by atoms with Crippen LogP contribution in [0, 0.1) is 18.2 Å². The summed E-state index contributed by atoms with van der Waals surface area (Å²) in [4.78, 5) is 0. The van der Waals surface area contributed by atoms with Gasteiger partial charge in [0.05, 0.1) is 6.54 Å². The minimum atomic E-state index is -3.76. The zero-order valence-electron chi connectivity index (χ0n) is 6.45. The summed E-state index contributed by atoms with van der Waals surface area (Å²) in [5.74, 6) is 1.34. The molecule has 1 aromatic rings. The van der Waals surface area contributed by atoms with Gasteiger partial charge in [0.2, 0.25) is 0 Å². The Hall–Kier alpha value is -0.900. The first-order valence-electron chi connectivity index (χ1n) is 3.24. The molecule has 0 saturated heterocycles. The SMILES string of the molecule is C#CCNS(=O)(=O)c1sccc1F. The van der Waals surface area contributed by atoms with Crippen LogP contribution in [0.2, 0.25) is 0 Å². The highest BCUT2D eigenvalue weighted by Crippen LogP contribution is 2.20. The summed E-state index contributed by atoms with van der Waals surface area (Å²) in [5, 5.41) is 1.36. The van der Waals surface area contributed by atoms with Crippen molar-refractivity contribution in [3.05, 3.63) is 17.3 Å². The Morgan fingerprint density at radius 1 is 1.69 bits per heavy atom. The average Bonchev–Trinajstić information content (AvgIpc) is 2.48. The molecule has 0 saturated carbocycles. The Kier molecular flexibility index (Phi) is 3.03. The molecule has 0 amide bonds. The normalized spacial score (nSPS) is 11.1. The highest BCUT2D eigenvalue weighted by atomic mass is 32.2. The fourth-order valence-corrected chi connectivity index (χ4v) is 2.74. The molecule has 0 unspecified atom stereocenters. The van der Waals surface area contributed by atoms with Gasteiger partial charge in [0.15, 0.2) is 10.0 Å². The van der Waals surface area contributed by atoms with Crippen molar-refractivity contribution in [2.75, 3.05) is 6.54 Å². The molecule has 1 heterocycles. The van der Waals surface area contributed by atoms with E-state index in [0.29, 0.717) is 0 Å². The van der Waals surface area contributed by atoms with E-state index < -0.39 is 15.8 Å². The minimum absolute atomic E-state index is 0.139. The summed E-state index contributed by atoms with van der Waals surface area (Å²) in [6, 6.07) is 1.09. The van der Waals surface area contributed by atoms with Crippen molar-refractivity contribution < 1.29 is 12.8 Å². The van der Waals surface area contributed by atoms with Crippen molar-refractivity contribution in [1.29, 1.82) is 0 Å². The first kappa shape index (κ1) is 10.2. The van der Waals surface area contributed by atoms with E-state index in [1.54, 1.807) is 0 Å². The summed E-state index contributed by atoms with van der Waals surface area (Å²) in [6.07, 6.45) is 4.86. The summed E-state index contributed by atoms with van der Waals surface area (Å²) in [5.41, 5.74) is 0. The van der Waals surface area contributed by atoms with Crippen molar-refractivity contribution >= 4 is 21.4 Å². The molecular formula is C7H6FNO2S2.